The van der Waals surface area contributed by atoms with Crippen LogP contribution < -0.4 is 5.73 Å². The summed E-state index contributed by atoms with van der Waals surface area (Å²) in [5, 5.41) is 0. The summed E-state index contributed by atoms with van der Waals surface area (Å²) in [6.45, 7) is 2.17. The molecule has 0 aliphatic rings. The van der Waals surface area contributed by atoms with Gasteiger partial charge in [0.1, 0.15) is 11.6 Å². The second kappa shape index (κ2) is 5.63. The van der Waals surface area contributed by atoms with Crippen molar-refractivity contribution in [1.82, 2.24) is 9.97 Å². The Labute approximate surface area is 119 Å². The first-order valence-electron chi connectivity index (χ1n) is 5.60. The molecule has 0 spiro atoms. The fourth-order valence-electron chi connectivity index (χ4n) is 1.70. The van der Waals surface area contributed by atoms with E-state index in [0.717, 1.165) is 5.56 Å². The van der Waals surface area contributed by atoms with Crippen molar-refractivity contribution in [2.24, 2.45) is 0 Å². The highest BCUT2D eigenvalue weighted by molar-refractivity contribution is 9.10. The smallest absolute Gasteiger partial charge is 0.162 e. The van der Waals surface area contributed by atoms with Crippen LogP contribution in [0.4, 0.5) is 10.2 Å². The molecule has 1 heterocycles. The molecule has 2 rings (SSSR count). The summed E-state index contributed by atoms with van der Waals surface area (Å²) in [6, 6.07) is 4.48. The average Bonchev–Trinajstić information content (AvgIpc) is 2.38. The van der Waals surface area contributed by atoms with E-state index in [1.165, 1.54) is 12.1 Å². The number of anilines is 1. The van der Waals surface area contributed by atoms with Crippen LogP contribution in [0.3, 0.4) is 0 Å². The van der Waals surface area contributed by atoms with E-state index in [0.29, 0.717) is 34.0 Å². The van der Waals surface area contributed by atoms with E-state index in [2.05, 4.69) is 25.9 Å². The third-order valence-electron chi connectivity index (χ3n) is 2.67. The number of benzene rings is 1. The Morgan fingerprint density at radius 3 is 2.79 bits per heavy atom. The predicted octanol–water partition coefficient (Wildman–Crippen LogP) is 3.08. The molecule has 0 amide bonds. The van der Waals surface area contributed by atoms with Gasteiger partial charge in [0, 0.05) is 12.7 Å². The van der Waals surface area contributed by atoms with Crippen molar-refractivity contribution < 1.29 is 9.13 Å². The zero-order chi connectivity index (χ0) is 14.0. The number of nitrogens with two attached hydrogens (primary N) is 1. The molecular formula is C13H13BrFN3O. The molecule has 1 aromatic carbocycles. The van der Waals surface area contributed by atoms with Gasteiger partial charge < -0.3 is 10.5 Å². The molecular weight excluding hydrogens is 313 g/mol. The van der Waals surface area contributed by atoms with Gasteiger partial charge >= 0.3 is 0 Å². The van der Waals surface area contributed by atoms with Gasteiger partial charge in [0.05, 0.1) is 16.8 Å². The lowest BCUT2D eigenvalue weighted by atomic mass is 10.1. The minimum atomic E-state index is -0.334. The minimum absolute atomic E-state index is 0.300. The average molecular weight is 326 g/mol. The topological polar surface area (TPSA) is 61.0 Å². The fraction of sp³-hybridized carbons (Fsp3) is 0.231. The standard InChI is InChI=1S/C13H13BrFN3O/c1-7-3-4-8(15)5-9(7)13-17-10(6-19-2)11(14)12(16)18-13/h3-5H,6H2,1-2H3,(H2,16,17,18). The second-order valence-corrected chi connectivity index (χ2v) is 4.88. The molecule has 1 aromatic heterocycles. The Hall–Kier alpha value is -1.53. The first kappa shape index (κ1) is 13.9. The molecule has 0 unspecified atom stereocenters. The van der Waals surface area contributed by atoms with Gasteiger partial charge in [-0.15, -0.1) is 0 Å². The molecule has 0 bridgehead atoms. The maximum Gasteiger partial charge on any atom is 0.162 e. The number of methoxy groups -OCH3 is 1. The summed E-state index contributed by atoms with van der Waals surface area (Å²) in [5.41, 5.74) is 7.97. The third-order valence-corrected chi connectivity index (χ3v) is 3.53. The van der Waals surface area contributed by atoms with E-state index in [1.807, 2.05) is 6.92 Å². The predicted molar refractivity (Wildman–Crippen MR) is 75.0 cm³/mol. The van der Waals surface area contributed by atoms with Crippen molar-refractivity contribution in [3.63, 3.8) is 0 Å². The van der Waals surface area contributed by atoms with Crippen molar-refractivity contribution in [2.45, 2.75) is 13.5 Å². The molecule has 2 aromatic rings. The van der Waals surface area contributed by atoms with Crippen LogP contribution in [0.5, 0.6) is 0 Å². The maximum absolute atomic E-state index is 13.3. The Morgan fingerprint density at radius 2 is 2.11 bits per heavy atom. The number of nitrogens with zero attached hydrogens (tertiary/aromatic N) is 2. The third kappa shape index (κ3) is 2.90. The van der Waals surface area contributed by atoms with Gasteiger partial charge in [-0.2, -0.15) is 0 Å². The second-order valence-electron chi connectivity index (χ2n) is 4.09. The normalized spacial score (nSPS) is 10.7. The number of hydrogen-bond donors (Lipinski definition) is 1. The Bertz CT molecular complexity index is 619. The molecule has 100 valence electrons. The summed E-state index contributed by atoms with van der Waals surface area (Å²) in [7, 11) is 1.57. The van der Waals surface area contributed by atoms with Crippen LogP contribution in [0.25, 0.3) is 11.4 Å². The summed E-state index contributed by atoms with van der Waals surface area (Å²) in [6.07, 6.45) is 0. The van der Waals surface area contributed by atoms with Crippen LogP contribution in [-0.2, 0) is 11.3 Å². The van der Waals surface area contributed by atoms with E-state index in [9.17, 15) is 4.39 Å². The van der Waals surface area contributed by atoms with Crippen LogP contribution >= 0.6 is 15.9 Å². The van der Waals surface area contributed by atoms with E-state index in [1.54, 1.807) is 13.2 Å². The van der Waals surface area contributed by atoms with Gasteiger partial charge in [0.2, 0.25) is 0 Å². The molecule has 0 saturated heterocycles. The Morgan fingerprint density at radius 1 is 1.37 bits per heavy atom. The van der Waals surface area contributed by atoms with Gasteiger partial charge in [0.25, 0.3) is 0 Å². The van der Waals surface area contributed by atoms with E-state index >= 15 is 0 Å². The highest BCUT2D eigenvalue weighted by Crippen LogP contribution is 2.27. The zero-order valence-electron chi connectivity index (χ0n) is 10.6. The molecule has 0 radical (unpaired) electrons. The molecule has 0 saturated carbocycles. The summed E-state index contributed by atoms with van der Waals surface area (Å²) in [5.74, 6) is 0.365. The van der Waals surface area contributed by atoms with Crippen molar-refractivity contribution >= 4 is 21.7 Å². The van der Waals surface area contributed by atoms with Gasteiger partial charge in [-0.25, -0.2) is 14.4 Å². The van der Waals surface area contributed by atoms with Crippen molar-refractivity contribution in [3.05, 3.63) is 39.7 Å². The lowest BCUT2D eigenvalue weighted by Gasteiger charge is -2.10. The van der Waals surface area contributed by atoms with Gasteiger partial charge in [-0.05, 0) is 40.5 Å². The lowest BCUT2D eigenvalue weighted by Crippen LogP contribution is -2.04. The van der Waals surface area contributed by atoms with Crippen LogP contribution in [0.15, 0.2) is 22.7 Å². The Kier molecular flexibility index (Phi) is 4.11. The van der Waals surface area contributed by atoms with Crippen molar-refractivity contribution in [2.75, 3.05) is 12.8 Å². The van der Waals surface area contributed by atoms with Gasteiger partial charge in [-0.1, -0.05) is 6.07 Å². The number of hydrogen-bond acceptors (Lipinski definition) is 4. The number of rotatable bonds is 3. The molecule has 6 heteroatoms. The minimum Gasteiger partial charge on any atom is -0.383 e. The van der Waals surface area contributed by atoms with Gasteiger partial charge in [0.15, 0.2) is 5.82 Å². The number of nitrogen functional groups attached to an aromatic ring is 1. The number of aryl methyl sites for hydroxylation is 1. The van der Waals surface area contributed by atoms with E-state index < -0.39 is 0 Å². The van der Waals surface area contributed by atoms with E-state index in [-0.39, 0.29) is 5.82 Å². The first-order valence-corrected chi connectivity index (χ1v) is 6.39. The summed E-state index contributed by atoms with van der Waals surface area (Å²) >= 11 is 3.32. The van der Waals surface area contributed by atoms with Crippen LogP contribution in [0.1, 0.15) is 11.3 Å². The molecule has 4 nitrogen and oxygen atoms in total. The van der Waals surface area contributed by atoms with Gasteiger partial charge in [-0.3, -0.25) is 0 Å². The summed E-state index contributed by atoms with van der Waals surface area (Å²) < 4.78 is 19.0. The van der Waals surface area contributed by atoms with Crippen LogP contribution in [0, 0.1) is 12.7 Å². The largest absolute Gasteiger partial charge is 0.383 e. The lowest BCUT2D eigenvalue weighted by molar-refractivity contribution is 0.181. The first-order chi connectivity index (χ1) is 9.02. The molecule has 19 heavy (non-hydrogen) atoms. The highest BCUT2D eigenvalue weighted by Gasteiger charge is 2.13. The Balaban J connectivity index is 2.59. The number of aromatic nitrogens is 2. The molecule has 0 atom stereocenters. The monoisotopic (exact) mass is 325 g/mol. The quantitative estimate of drug-likeness (QED) is 0.942. The van der Waals surface area contributed by atoms with Crippen molar-refractivity contribution in [1.29, 1.82) is 0 Å². The summed E-state index contributed by atoms with van der Waals surface area (Å²) in [4.78, 5) is 8.55. The van der Waals surface area contributed by atoms with Crippen LogP contribution in [0.2, 0.25) is 0 Å². The zero-order valence-corrected chi connectivity index (χ0v) is 12.2. The molecule has 0 aliphatic carbocycles. The maximum atomic E-state index is 13.3. The fourth-order valence-corrected chi connectivity index (χ4v) is 1.99. The van der Waals surface area contributed by atoms with Crippen molar-refractivity contribution in [3.8, 4) is 11.4 Å². The number of halogens is 2. The van der Waals surface area contributed by atoms with Crippen LogP contribution in [-0.4, -0.2) is 17.1 Å². The molecule has 0 fully saturated rings. The molecule has 2 N–H and O–H groups in total. The number of ether oxygens (including phenoxy) is 1. The molecule has 0 aliphatic heterocycles. The van der Waals surface area contributed by atoms with E-state index in [4.69, 9.17) is 10.5 Å². The SMILES string of the molecule is COCc1nc(-c2cc(F)ccc2C)nc(N)c1Br. The highest BCUT2D eigenvalue weighted by atomic mass is 79.9.